The van der Waals surface area contributed by atoms with Gasteiger partial charge in [-0.15, -0.1) is 0 Å². The average Bonchev–Trinajstić information content (AvgIpc) is 1.82. The number of aliphatic hydroxyl groups excluding tert-OH is 1. The third-order valence-electron chi connectivity index (χ3n) is 2.05. The third kappa shape index (κ3) is 8.26. The molecule has 0 aliphatic heterocycles. The van der Waals surface area contributed by atoms with Gasteiger partial charge in [0, 0.05) is 19.7 Å². The fourth-order valence-corrected chi connectivity index (χ4v) is 1.17. The molecule has 0 aromatic carbocycles. The molecule has 0 amide bonds. The molecule has 0 fully saturated rings. The molecule has 0 unspecified atom stereocenters. The molecule has 0 bridgehead atoms. The summed E-state index contributed by atoms with van der Waals surface area (Å²) in [6.45, 7) is 13.3. The van der Waals surface area contributed by atoms with Gasteiger partial charge in [0.25, 0.3) is 0 Å². The number of aliphatic hydroxyl groups is 1. The van der Waals surface area contributed by atoms with Gasteiger partial charge in [0.15, 0.2) is 0 Å². The highest BCUT2D eigenvalue weighted by atomic mass is 16.3. The van der Waals surface area contributed by atoms with Crippen LogP contribution in [0.3, 0.4) is 0 Å². The van der Waals surface area contributed by atoms with Crippen molar-refractivity contribution in [1.82, 2.24) is 5.32 Å². The molecule has 0 spiro atoms. The smallest absolute Gasteiger partial charge is 0.0436 e. The second-order valence-electron chi connectivity index (χ2n) is 5.80. The van der Waals surface area contributed by atoms with Crippen LogP contribution in [0.5, 0.6) is 0 Å². The number of hydrogen-bond acceptors (Lipinski definition) is 2. The second kappa shape index (κ2) is 4.97. The monoisotopic (exact) mass is 187 g/mol. The van der Waals surface area contributed by atoms with Crippen LogP contribution in [-0.2, 0) is 0 Å². The van der Waals surface area contributed by atoms with E-state index in [-0.39, 0.29) is 12.0 Å². The summed E-state index contributed by atoms with van der Waals surface area (Å²) in [5.41, 5.74) is 0.551. The van der Waals surface area contributed by atoms with E-state index in [1.54, 1.807) is 0 Å². The van der Waals surface area contributed by atoms with Crippen molar-refractivity contribution in [3.05, 3.63) is 0 Å². The van der Waals surface area contributed by atoms with E-state index < -0.39 is 0 Å². The van der Waals surface area contributed by atoms with Crippen LogP contribution >= 0.6 is 0 Å². The number of hydrogen-bond donors (Lipinski definition) is 2. The van der Waals surface area contributed by atoms with E-state index in [0.29, 0.717) is 5.41 Å². The Morgan fingerprint density at radius 2 is 1.54 bits per heavy atom. The van der Waals surface area contributed by atoms with Gasteiger partial charge in [0.1, 0.15) is 0 Å². The summed E-state index contributed by atoms with van der Waals surface area (Å²) in [7, 11) is 0. The van der Waals surface area contributed by atoms with Crippen LogP contribution in [0.2, 0.25) is 0 Å². The maximum Gasteiger partial charge on any atom is 0.0436 e. The topological polar surface area (TPSA) is 32.3 Å². The highest BCUT2D eigenvalue weighted by molar-refractivity contribution is 4.73. The molecule has 0 aromatic rings. The minimum Gasteiger partial charge on any atom is -0.396 e. The largest absolute Gasteiger partial charge is 0.396 e. The molecule has 0 aliphatic carbocycles. The molecule has 0 rings (SSSR count). The zero-order valence-corrected chi connectivity index (χ0v) is 9.78. The second-order valence-corrected chi connectivity index (χ2v) is 5.80. The van der Waals surface area contributed by atoms with Gasteiger partial charge in [-0.1, -0.05) is 34.6 Å². The first kappa shape index (κ1) is 12.9. The van der Waals surface area contributed by atoms with Crippen molar-refractivity contribution in [2.75, 3.05) is 19.7 Å². The number of nitrogens with one attached hydrogen (secondary N) is 1. The van der Waals surface area contributed by atoms with Crippen molar-refractivity contribution < 1.29 is 5.11 Å². The van der Waals surface area contributed by atoms with Crippen LogP contribution in [0, 0.1) is 10.8 Å². The Kier molecular flexibility index (Phi) is 4.93. The first-order valence-corrected chi connectivity index (χ1v) is 5.08. The lowest BCUT2D eigenvalue weighted by Crippen LogP contribution is -2.35. The van der Waals surface area contributed by atoms with Crippen molar-refractivity contribution in [3.63, 3.8) is 0 Å². The minimum atomic E-state index is 0.208. The molecular formula is C11H25NO. The summed E-state index contributed by atoms with van der Waals surface area (Å²) in [5, 5.41) is 12.3. The van der Waals surface area contributed by atoms with Gasteiger partial charge in [-0.05, 0) is 17.3 Å². The van der Waals surface area contributed by atoms with Gasteiger partial charge in [0.2, 0.25) is 0 Å². The van der Waals surface area contributed by atoms with E-state index in [9.17, 15) is 0 Å². The quantitative estimate of drug-likeness (QED) is 0.690. The zero-order chi connectivity index (χ0) is 10.5. The summed E-state index contributed by atoms with van der Waals surface area (Å²) in [6, 6.07) is 0. The van der Waals surface area contributed by atoms with E-state index in [4.69, 9.17) is 5.11 Å². The standard InChI is InChI=1S/C11H25NO/c1-10(2,3)8-12-9-11(4,5)6-7-13/h12-13H,6-9H2,1-5H3. The molecule has 2 heteroatoms. The molecule has 2 nitrogen and oxygen atoms in total. The highest BCUT2D eigenvalue weighted by Gasteiger charge is 2.18. The first-order chi connectivity index (χ1) is 5.77. The summed E-state index contributed by atoms with van der Waals surface area (Å²) in [5.74, 6) is 0. The molecule has 0 radical (unpaired) electrons. The Hall–Kier alpha value is -0.0800. The summed E-state index contributed by atoms with van der Waals surface area (Å²) in [4.78, 5) is 0. The van der Waals surface area contributed by atoms with Gasteiger partial charge in [-0.2, -0.15) is 0 Å². The van der Waals surface area contributed by atoms with Crippen LogP contribution in [-0.4, -0.2) is 24.8 Å². The Labute approximate surface area is 82.7 Å². The predicted octanol–water partition coefficient (Wildman–Crippen LogP) is 2.03. The van der Waals surface area contributed by atoms with Crippen LogP contribution in [0.25, 0.3) is 0 Å². The Morgan fingerprint density at radius 3 is 1.92 bits per heavy atom. The summed E-state index contributed by atoms with van der Waals surface area (Å²) < 4.78 is 0. The fraction of sp³-hybridized carbons (Fsp3) is 1.00. The van der Waals surface area contributed by atoms with E-state index in [1.807, 2.05) is 0 Å². The van der Waals surface area contributed by atoms with Crippen molar-refractivity contribution >= 4 is 0 Å². The van der Waals surface area contributed by atoms with E-state index in [0.717, 1.165) is 19.5 Å². The SMILES string of the molecule is CC(C)(C)CNCC(C)(C)CCO. The van der Waals surface area contributed by atoms with Crippen LogP contribution in [0.1, 0.15) is 41.0 Å². The molecule has 0 aliphatic rings. The third-order valence-corrected chi connectivity index (χ3v) is 2.05. The minimum absolute atomic E-state index is 0.208. The molecule has 0 aromatic heterocycles. The summed E-state index contributed by atoms with van der Waals surface area (Å²) >= 11 is 0. The Morgan fingerprint density at radius 1 is 1.00 bits per heavy atom. The van der Waals surface area contributed by atoms with Crippen molar-refractivity contribution in [2.45, 2.75) is 41.0 Å². The fourth-order valence-electron chi connectivity index (χ4n) is 1.17. The van der Waals surface area contributed by atoms with Gasteiger partial charge in [0.05, 0.1) is 0 Å². The average molecular weight is 187 g/mol. The normalized spacial score (nSPS) is 13.4. The molecule has 0 heterocycles. The zero-order valence-electron chi connectivity index (χ0n) is 9.78. The van der Waals surface area contributed by atoms with Gasteiger partial charge in [-0.3, -0.25) is 0 Å². The van der Waals surface area contributed by atoms with E-state index in [2.05, 4.69) is 39.9 Å². The van der Waals surface area contributed by atoms with Crippen molar-refractivity contribution in [2.24, 2.45) is 10.8 Å². The maximum atomic E-state index is 8.83. The molecule has 0 saturated carbocycles. The molecule has 80 valence electrons. The van der Waals surface area contributed by atoms with Gasteiger partial charge >= 0.3 is 0 Å². The molecule has 0 atom stereocenters. The predicted molar refractivity (Wildman–Crippen MR) is 57.8 cm³/mol. The highest BCUT2D eigenvalue weighted by Crippen LogP contribution is 2.19. The van der Waals surface area contributed by atoms with Crippen molar-refractivity contribution in [1.29, 1.82) is 0 Å². The molecule has 13 heavy (non-hydrogen) atoms. The molecular weight excluding hydrogens is 162 g/mol. The lowest BCUT2D eigenvalue weighted by Gasteiger charge is -2.27. The van der Waals surface area contributed by atoms with Crippen LogP contribution in [0.4, 0.5) is 0 Å². The van der Waals surface area contributed by atoms with Gasteiger partial charge < -0.3 is 10.4 Å². The van der Waals surface area contributed by atoms with E-state index in [1.165, 1.54) is 0 Å². The maximum absolute atomic E-state index is 8.83. The van der Waals surface area contributed by atoms with Gasteiger partial charge in [-0.25, -0.2) is 0 Å². The van der Waals surface area contributed by atoms with E-state index >= 15 is 0 Å². The van der Waals surface area contributed by atoms with Crippen LogP contribution < -0.4 is 5.32 Å². The lowest BCUT2D eigenvalue weighted by atomic mass is 9.89. The first-order valence-electron chi connectivity index (χ1n) is 5.08. The lowest BCUT2D eigenvalue weighted by molar-refractivity contribution is 0.202. The molecule has 2 N–H and O–H groups in total. The molecule has 0 saturated heterocycles. The Bertz CT molecular complexity index is 136. The van der Waals surface area contributed by atoms with Crippen LogP contribution in [0.15, 0.2) is 0 Å². The Balaban J connectivity index is 3.63. The summed E-state index contributed by atoms with van der Waals surface area (Å²) in [6.07, 6.45) is 0.865. The van der Waals surface area contributed by atoms with Crippen molar-refractivity contribution in [3.8, 4) is 0 Å². The number of rotatable bonds is 5.